The van der Waals surface area contributed by atoms with Crippen LogP contribution in [0.4, 0.5) is 0 Å². The first-order valence-corrected chi connectivity index (χ1v) is 8.59. The topological polar surface area (TPSA) is 64.3 Å². The first kappa shape index (κ1) is 14.3. The average molecular weight is 320 g/mol. The van der Waals surface area contributed by atoms with Crippen LogP contribution in [0, 0.1) is 13.8 Å². The van der Waals surface area contributed by atoms with Gasteiger partial charge < -0.3 is 9.26 Å². The number of aryl methyl sites for hydroxylation is 2. The van der Waals surface area contributed by atoms with Crippen molar-refractivity contribution in [3.63, 3.8) is 0 Å². The quantitative estimate of drug-likeness (QED) is 0.863. The summed E-state index contributed by atoms with van der Waals surface area (Å²) < 4.78 is 11.5. The smallest absolute Gasteiger partial charge is 0.236 e. The van der Waals surface area contributed by atoms with E-state index in [2.05, 4.69) is 25.4 Å². The fourth-order valence-corrected chi connectivity index (χ4v) is 4.45. The van der Waals surface area contributed by atoms with Crippen molar-refractivity contribution in [3.8, 4) is 0 Å². The molecule has 2 aromatic heterocycles. The van der Waals surface area contributed by atoms with E-state index in [1.807, 2.05) is 13.8 Å². The molecule has 2 fully saturated rings. The lowest BCUT2D eigenvalue weighted by Crippen LogP contribution is -2.52. The largest absolute Gasteiger partial charge is 0.377 e. The summed E-state index contributed by atoms with van der Waals surface area (Å²) in [6.07, 6.45) is 2.15. The van der Waals surface area contributed by atoms with Crippen LogP contribution in [-0.2, 0) is 16.7 Å². The second kappa shape index (κ2) is 5.40. The lowest BCUT2D eigenvalue weighted by molar-refractivity contribution is 0.00411. The molecule has 0 aliphatic carbocycles. The first-order valence-electron chi connectivity index (χ1n) is 7.71. The molecular formula is C15H20N4O2S. The minimum absolute atomic E-state index is 0.147. The zero-order valence-corrected chi connectivity index (χ0v) is 13.7. The third-order valence-electron chi connectivity index (χ3n) is 4.68. The minimum atomic E-state index is -0.147. The Morgan fingerprint density at radius 1 is 1.41 bits per heavy atom. The first-order chi connectivity index (χ1) is 10.7. The Morgan fingerprint density at radius 2 is 2.32 bits per heavy atom. The van der Waals surface area contributed by atoms with E-state index in [0.29, 0.717) is 5.82 Å². The Labute approximate surface area is 133 Å². The summed E-state index contributed by atoms with van der Waals surface area (Å²) in [7, 11) is 0. The maximum absolute atomic E-state index is 5.96. The van der Waals surface area contributed by atoms with E-state index in [1.54, 1.807) is 11.3 Å². The van der Waals surface area contributed by atoms with Crippen LogP contribution in [-0.4, -0.2) is 45.8 Å². The summed E-state index contributed by atoms with van der Waals surface area (Å²) in [5.74, 6) is 1.44. The molecule has 0 spiro atoms. The van der Waals surface area contributed by atoms with Gasteiger partial charge >= 0.3 is 0 Å². The number of hydrogen-bond donors (Lipinski definition) is 0. The molecule has 2 atom stereocenters. The number of fused-ring (bicyclic) bond motifs is 1. The summed E-state index contributed by atoms with van der Waals surface area (Å²) in [6, 6.07) is 0. The van der Waals surface area contributed by atoms with Crippen LogP contribution >= 0.6 is 11.3 Å². The molecule has 0 amide bonds. The number of aromatic nitrogens is 3. The maximum Gasteiger partial charge on any atom is 0.236 e. The summed E-state index contributed by atoms with van der Waals surface area (Å²) in [5, 5.41) is 7.27. The fourth-order valence-electron chi connectivity index (χ4n) is 3.64. The Hall–Kier alpha value is -1.31. The van der Waals surface area contributed by atoms with Crippen LogP contribution in [0.2, 0.25) is 0 Å². The second-order valence-electron chi connectivity index (χ2n) is 6.29. The van der Waals surface area contributed by atoms with Gasteiger partial charge in [0.15, 0.2) is 5.82 Å². The highest BCUT2D eigenvalue weighted by Crippen LogP contribution is 2.43. The van der Waals surface area contributed by atoms with Crippen LogP contribution < -0.4 is 0 Å². The van der Waals surface area contributed by atoms with Crippen LogP contribution in [0.25, 0.3) is 0 Å². The molecule has 0 aromatic carbocycles. The molecule has 118 valence electrons. The maximum atomic E-state index is 5.96. The van der Waals surface area contributed by atoms with E-state index < -0.39 is 0 Å². The molecular weight excluding hydrogens is 300 g/mol. The Bertz CT molecular complexity index is 670. The highest BCUT2D eigenvalue weighted by atomic mass is 32.1. The zero-order valence-electron chi connectivity index (χ0n) is 12.9. The van der Waals surface area contributed by atoms with Crippen molar-refractivity contribution in [1.29, 1.82) is 0 Å². The number of nitrogens with zero attached hydrogens (tertiary/aromatic N) is 4. The van der Waals surface area contributed by atoms with Crippen LogP contribution in [0.1, 0.15) is 35.3 Å². The number of hydrogen-bond acceptors (Lipinski definition) is 7. The van der Waals surface area contributed by atoms with Gasteiger partial charge in [-0.25, -0.2) is 4.98 Å². The molecule has 7 heteroatoms. The van der Waals surface area contributed by atoms with Gasteiger partial charge in [0.25, 0.3) is 0 Å². The van der Waals surface area contributed by atoms with Crippen LogP contribution in [0.5, 0.6) is 0 Å². The zero-order chi connectivity index (χ0) is 15.2. The third kappa shape index (κ3) is 2.37. The van der Waals surface area contributed by atoms with Crippen molar-refractivity contribution in [2.24, 2.45) is 0 Å². The van der Waals surface area contributed by atoms with Gasteiger partial charge in [0.05, 0.1) is 18.1 Å². The van der Waals surface area contributed by atoms with Crippen molar-refractivity contribution in [2.75, 3.05) is 19.7 Å². The Balaban J connectivity index is 1.58. The van der Waals surface area contributed by atoms with Gasteiger partial charge in [0, 0.05) is 30.8 Å². The Kier molecular flexibility index (Phi) is 3.51. The highest BCUT2D eigenvalue weighted by molar-refractivity contribution is 7.09. The lowest BCUT2D eigenvalue weighted by atomic mass is 9.76. The number of thiazole rings is 1. The molecule has 6 nitrogen and oxygen atoms in total. The monoisotopic (exact) mass is 320 g/mol. The van der Waals surface area contributed by atoms with E-state index in [9.17, 15) is 0 Å². The van der Waals surface area contributed by atoms with Crippen molar-refractivity contribution in [3.05, 3.63) is 27.8 Å². The van der Waals surface area contributed by atoms with Gasteiger partial charge in [-0.05, 0) is 26.7 Å². The molecule has 2 aliphatic rings. The molecule has 22 heavy (non-hydrogen) atoms. The standard InChI is InChI=1S/C15H20N4O2S/c1-10-8-22-13(16-10)7-19-5-3-12-15(9-19,4-6-20-12)14-17-11(2)18-21-14/h8,12H,3-7,9H2,1-2H3/t12-,15-/m0/s1. The molecule has 0 unspecified atom stereocenters. The van der Waals surface area contributed by atoms with Gasteiger partial charge in [-0.2, -0.15) is 4.98 Å². The lowest BCUT2D eigenvalue weighted by Gasteiger charge is -2.40. The van der Waals surface area contributed by atoms with E-state index in [4.69, 9.17) is 9.26 Å². The predicted molar refractivity (Wildman–Crippen MR) is 81.8 cm³/mol. The molecule has 0 radical (unpaired) electrons. The van der Waals surface area contributed by atoms with Crippen molar-refractivity contribution >= 4 is 11.3 Å². The van der Waals surface area contributed by atoms with Crippen molar-refractivity contribution in [2.45, 2.75) is 44.8 Å². The second-order valence-corrected chi connectivity index (χ2v) is 7.24. The fraction of sp³-hybridized carbons (Fsp3) is 0.667. The summed E-state index contributed by atoms with van der Waals surface area (Å²) in [4.78, 5) is 11.5. The van der Waals surface area contributed by atoms with Crippen molar-refractivity contribution in [1.82, 2.24) is 20.0 Å². The number of piperidine rings is 1. The van der Waals surface area contributed by atoms with Gasteiger partial charge in [0.1, 0.15) is 5.01 Å². The number of rotatable bonds is 3. The van der Waals surface area contributed by atoms with Gasteiger partial charge in [-0.3, -0.25) is 4.90 Å². The average Bonchev–Trinajstić information content (AvgIpc) is 3.19. The normalized spacial score (nSPS) is 28.9. The van der Waals surface area contributed by atoms with Gasteiger partial charge in [0.2, 0.25) is 5.89 Å². The summed E-state index contributed by atoms with van der Waals surface area (Å²) in [5.41, 5.74) is 0.951. The molecule has 0 saturated carbocycles. The predicted octanol–water partition coefficient (Wildman–Crippen LogP) is 2.08. The van der Waals surface area contributed by atoms with E-state index in [0.717, 1.165) is 50.7 Å². The van der Waals surface area contributed by atoms with Gasteiger partial charge in [-0.15, -0.1) is 11.3 Å². The molecule has 2 aliphatic heterocycles. The molecule has 2 saturated heterocycles. The van der Waals surface area contributed by atoms with E-state index in [1.165, 1.54) is 5.01 Å². The summed E-state index contributed by atoms with van der Waals surface area (Å²) in [6.45, 7) is 7.50. The number of ether oxygens (including phenoxy) is 1. The van der Waals surface area contributed by atoms with Crippen molar-refractivity contribution < 1.29 is 9.26 Å². The SMILES string of the molecule is Cc1csc(CN2CC[C@@H]3OCC[C@]3(c3nc(C)no3)C2)n1. The van der Waals surface area contributed by atoms with E-state index in [-0.39, 0.29) is 11.5 Å². The van der Waals surface area contributed by atoms with E-state index >= 15 is 0 Å². The summed E-state index contributed by atoms with van der Waals surface area (Å²) >= 11 is 1.73. The number of likely N-dealkylation sites (tertiary alicyclic amines) is 1. The minimum Gasteiger partial charge on any atom is -0.377 e. The Morgan fingerprint density at radius 3 is 3.05 bits per heavy atom. The molecule has 4 heterocycles. The molecule has 2 aromatic rings. The molecule has 0 N–H and O–H groups in total. The van der Waals surface area contributed by atoms with Crippen LogP contribution in [0.15, 0.2) is 9.90 Å². The molecule has 4 rings (SSSR count). The van der Waals surface area contributed by atoms with Crippen LogP contribution in [0.3, 0.4) is 0 Å². The van der Waals surface area contributed by atoms with Gasteiger partial charge in [-0.1, -0.05) is 5.16 Å². The highest BCUT2D eigenvalue weighted by Gasteiger charge is 2.52. The third-order valence-corrected chi connectivity index (χ3v) is 5.63. The molecule has 0 bridgehead atoms.